The maximum absolute atomic E-state index is 13.0. The molecule has 1 fully saturated rings. The summed E-state index contributed by atoms with van der Waals surface area (Å²) in [5.74, 6) is -0.804. The molecule has 0 radical (unpaired) electrons. The minimum atomic E-state index is -0.556. The fourth-order valence-electron chi connectivity index (χ4n) is 2.24. The van der Waals surface area contributed by atoms with E-state index in [1.54, 1.807) is 0 Å². The lowest BCUT2D eigenvalue weighted by Gasteiger charge is -2.28. The lowest BCUT2D eigenvalue weighted by atomic mass is 9.86. The average molecular weight is 226 g/mol. The van der Waals surface area contributed by atoms with Gasteiger partial charge >= 0.3 is 0 Å². The van der Waals surface area contributed by atoms with Crippen molar-refractivity contribution in [3.05, 3.63) is 35.4 Å². The Morgan fingerprint density at radius 2 is 1.69 bits per heavy atom. The fraction of sp³-hybridized carbons (Fsp3) is 0.500. The fourth-order valence-corrected chi connectivity index (χ4v) is 2.24. The highest BCUT2D eigenvalue weighted by molar-refractivity contribution is 5.21. The summed E-state index contributed by atoms with van der Waals surface area (Å²) < 4.78 is 26.1. The summed E-state index contributed by atoms with van der Waals surface area (Å²) in [7, 11) is 0. The summed E-state index contributed by atoms with van der Waals surface area (Å²) in [6.07, 6.45) is 1.92. The second-order valence-corrected chi connectivity index (χ2v) is 4.32. The number of hydrogen-bond donors (Lipinski definition) is 2. The molecule has 0 unspecified atom stereocenters. The van der Waals surface area contributed by atoms with Gasteiger partial charge in [0, 0.05) is 12.1 Å². The van der Waals surface area contributed by atoms with Gasteiger partial charge in [0.25, 0.3) is 0 Å². The first-order valence-electron chi connectivity index (χ1n) is 5.59. The summed E-state index contributed by atoms with van der Waals surface area (Å²) >= 11 is 0. The molecule has 1 aromatic rings. The van der Waals surface area contributed by atoms with Crippen LogP contribution in [0, 0.1) is 17.6 Å². The second-order valence-electron chi connectivity index (χ2n) is 4.32. The van der Waals surface area contributed by atoms with E-state index in [1.165, 1.54) is 12.1 Å². The lowest BCUT2D eigenvalue weighted by Crippen LogP contribution is -2.33. The topological polar surface area (TPSA) is 38.0 Å². The maximum atomic E-state index is 13.0. The SMILES string of the molecule is N[C@@H](c1cc(F)cc(F)c1)C1CCNCC1. The summed E-state index contributed by atoms with van der Waals surface area (Å²) in [5, 5.41) is 3.24. The van der Waals surface area contributed by atoms with Crippen LogP contribution in [0.1, 0.15) is 24.4 Å². The van der Waals surface area contributed by atoms with Crippen molar-refractivity contribution in [3.8, 4) is 0 Å². The zero-order valence-electron chi connectivity index (χ0n) is 9.05. The van der Waals surface area contributed by atoms with Crippen LogP contribution in [-0.4, -0.2) is 13.1 Å². The van der Waals surface area contributed by atoms with Crippen LogP contribution < -0.4 is 11.1 Å². The third kappa shape index (κ3) is 2.57. The van der Waals surface area contributed by atoms with Crippen LogP contribution in [0.25, 0.3) is 0 Å². The van der Waals surface area contributed by atoms with E-state index in [1.807, 2.05) is 0 Å². The molecule has 0 aromatic heterocycles. The van der Waals surface area contributed by atoms with Gasteiger partial charge in [0.2, 0.25) is 0 Å². The predicted octanol–water partition coefficient (Wildman–Crippen LogP) is 1.96. The van der Waals surface area contributed by atoms with Gasteiger partial charge in [-0.05, 0) is 49.5 Å². The van der Waals surface area contributed by atoms with Crippen LogP contribution in [0.3, 0.4) is 0 Å². The number of halogens is 2. The molecule has 2 nitrogen and oxygen atoms in total. The van der Waals surface area contributed by atoms with E-state index in [-0.39, 0.29) is 6.04 Å². The normalized spacial score (nSPS) is 19.7. The van der Waals surface area contributed by atoms with E-state index in [0.29, 0.717) is 11.5 Å². The molecule has 1 aliphatic rings. The van der Waals surface area contributed by atoms with Gasteiger partial charge in [-0.3, -0.25) is 0 Å². The highest BCUT2D eigenvalue weighted by Crippen LogP contribution is 2.27. The van der Waals surface area contributed by atoms with Crippen LogP contribution >= 0.6 is 0 Å². The van der Waals surface area contributed by atoms with Gasteiger partial charge in [0.1, 0.15) is 11.6 Å². The van der Waals surface area contributed by atoms with E-state index in [0.717, 1.165) is 32.0 Å². The van der Waals surface area contributed by atoms with E-state index < -0.39 is 11.6 Å². The van der Waals surface area contributed by atoms with Gasteiger partial charge < -0.3 is 11.1 Å². The largest absolute Gasteiger partial charge is 0.324 e. The van der Waals surface area contributed by atoms with Crippen molar-refractivity contribution >= 4 is 0 Å². The van der Waals surface area contributed by atoms with Crippen molar-refractivity contribution in [1.82, 2.24) is 5.32 Å². The quantitative estimate of drug-likeness (QED) is 0.809. The Morgan fingerprint density at radius 3 is 2.25 bits per heavy atom. The smallest absolute Gasteiger partial charge is 0.126 e. The van der Waals surface area contributed by atoms with E-state index in [9.17, 15) is 8.78 Å². The van der Waals surface area contributed by atoms with Crippen molar-refractivity contribution in [2.45, 2.75) is 18.9 Å². The molecule has 1 aromatic carbocycles. The molecule has 0 spiro atoms. The first-order valence-corrected chi connectivity index (χ1v) is 5.59. The molecule has 4 heteroatoms. The highest BCUT2D eigenvalue weighted by Gasteiger charge is 2.22. The van der Waals surface area contributed by atoms with Gasteiger partial charge in [-0.1, -0.05) is 0 Å². The second kappa shape index (κ2) is 4.89. The van der Waals surface area contributed by atoms with Gasteiger partial charge in [-0.25, -0.2) is 8.78 Å². The third-order valence-corrected chi connectivity index (χ3v) is 3.16. The molecule has 2 rings (SSSR count). The molecule has 1 aliphatic heterocycles. The zero-order chi connectivity index (χ0) is 11.5. The molecule has 0 saturated carbocycles. The number of nitrogens with one attached hydrogen (secondary N) is 1. The van der Waals surface area contributed by atoms with Crippen molar-refractivity contribution < 1.29 is 8.78 Å². The summed E-state index contributed by atoms with van der Waals surface area (Å²) in [4.78, 5) is 0. The molecule has 1 atom stereocenters. The van der Waals surface area contributed by atoms with Crippen molar-refractivity contribution in [2.75, 3.05) is 13.1 Å². The Labute approximate surface area is 93.8 Å². The Hall–Kier alpha value is -1.00. The molecule has 3 N–H and O–H groups in total. The maximum Gasteiger partial charge on any atom is 0.126 e. The number of piperidine rings is 1. The van der Waals surface area contributed by atoms with Crippen LogP contribution in [0.2, 0.25) is 0 Å². The van der Waals surface area contributed by atoms with Crippen LogP contribution in [-0.2, 0) is 0 Å². The van der Waals surface area contributed by atoms with Gasteiger partial charge in [-0.2, -0.15) is 0 Å². The van der Waals surface area contributed by atoms with Crippen LogP contribution in [0.5, 0.6) is 0 Å². The van der Waals surface area contributed by atoms with Gasteiger partial charge in [0.05, 0.1) is 0 Å². The lowest BCUT2D eigenvalue weighted by molar-refractivity contribution is 0.321. The molecule has 0 amide bonds. The van der Waals surface area contributed by atoms with E-state index in [4.69, 9.17) is 5.73 Å². The zero-order valence-corrected chi connectivity index (χ0v) is 9.05. The molecule has 0 aliphatic carbocycles. The van der Waals surface area contributed by atoms with Gasteiger partial charge in [0.15, 0.2) is 0 Å². The first-order chi connectivity index (χ1) is 7.66. The summed E-state index contributed by atoms with van der Waals surface area (Å²) in [6.45, 7) is 1.85. The minimum Gasteiger partial charge on any atom is -0.324 e. The standard InChI is InChI=1S/C12H16F2N2/c13-10-5-9(6-11(14)7-10)12(15)8-1-3-16-4-2-8/h5-8,12,16H,1-4,15H2/t12-/m1/s1. The number of nitrogens with two attached hydrogens (primary N) is 1. The number of benzene rings is 1. The number of hydrogen-bond acceptors (Lipinski definition) is 2. The Bertz CT molecular complexity index is 342. The van der Waals surface area contributed by atoms with E-state index in [2.05, 4.69) is 5.32 Å². The van der Waals surface area contributed by atoms with Crippen molar-refractivity contribution in [2.24, 2.45) is 11.7 Å². The Morgan fingerprint density at radius 1 is 1.12 bits per heavy atom. The molecule has 1 heterocycles. The first kappa shape index (κ1) is 11.5. The highest BCUT2D eigenvalue weighted by atomic mass is 19.1. The summed E-state index contributed by atoms with van der Waals surface area (Å²) in [6, 6.07) is 3.26. The van der Waals surface area contributed by atoms with E-state index >= 15 is 0 Å². The van der Waals surface area contributed by atoms with Crippen molar-refractivity contribution in [1.29, 1.82) is 0 Å². The molecule has 88 valence electrons. The molecule has 1 saturated heterocycles. The van der Waals surface area contributed by atoms with Crippen LogP contribution in [0.4, 0.5) is 8.78 Å². The Balaban J connectivity index is 2.15. The summed E-state index contributed by atoms with van der Waals surface area (Å²) in [5.41, 5.74) is 6.61. The average Bonchev–Trinajstić information content (AvgIpc) is 2.28. The third-order valence-electron chi connectivity index (χ3n) is 3.16. The van der Waals surface area contributed by atoms with Crippen molar-refractivity contribution in [3.63, 3.8) is 0 Å². The Kier molecular flexibility index (Phi) is 3.51. The number of rotatable bonds is 2. The monoisotopic (exact) mass is 226 g/mol. The van der Waals surface area contributed by atoms with Crippen LogP contribution in [0.15, 0.2) is 18.2 Å². The predicted molar refractivity (Wildman–Crippen MR) is 58.9 cm³/mol. The molecule has 0 bridgehead atoms. The minimum absolute atomic E-state index is 0.271. The molecule has 16 heavy (non-hydrogen) atoms. The molecular formula is C12H16F2N2. The van der Waals surface area contributed by atoms with Gasteiger partial charge in [-0.15, -0.1) is 0 Å². The molecular weight excluding hydrogens is 210 g/mol.